The first-order valence-electron chi connectivity index (χ1n) is 6.13. The van der Waals surface area contributed by atoms with Crippen molar-refractivity contribution >= 4 is 5.82 Å². The summed E-state index contributed by atoms with van der Waals surface area (Å²) in [6.07, 6.45) is -4.70. The van der Waals surface area contributed by atoms with Crippen LogP contribution in [-0.4, -0.2) is 17.0 Å². The molecule has 0 radical (unpaired) electrons. The van der Waals surface area contributed by atoms with E-state index in [0.29, 0.717) is 11.1 Å². The maximum absolute atomic E-state index is 14.1. The lowest BCUT2D eigenvalue weighted by atomic mass is 10.0. The summed E-state index contributed by atoms with van der Waals surface area (Å²) in [7, 11) is 1.44. The SMILES string of the molecule is CNc1cc(-c2c(C)cc(C)cc2F)nc(C(F)(F)F)n1. The summed E-state index contributed by atoms with van der Waals surface area (Å²) in [5.74, 6) is -1.93. The Balaban J connectivity index is 2.70. The number of nitrogens with zero attached hydrogens (tertiary/aromatic N) is 2. The van der Waals surface area contributed by atoms with Crippen LogP contribution in [0.25, 0.3) is 11.3 Å². The molecule has 3 nitrogen and oxygen atoms in total. The summed E-state index contributed by atoms with van der Waals surface area (Å²) in [5.41, 5.74) is 1.15. The quantitative estimate of drug-likeness (QED) is 0.853. The summed E-state index contributed by atoms with van der Waals surface area (Å²) in [6, 6.07) is 4.24. The van der Waals surface area contributed by atoms with Crippen LogP contribution < -0.4 is 5.32 Å². The lowest BCUT2D eigenvalue weighted by molar-refractivity contribution is -0.144. The minimum absolute atomic E-state index is 0.0216. The van der Waals surface area contributed by atoms with Crippen LogP contribution in [0.4, 0.5) is 23.4 Å². The molecule has 0 saturated carbocycles. The molecule has 0 bridgehead atoms. The van der Waals surface area contributed by atoms with Gasteiger partial charge in [0.2, 0.25) is 5.82 Å². The standard InChI is InChI=1S/C14H13F4N3/c1-7-4-8(2)12(9(15)5-7)10-6-11(19-3)21-13(20-10)14(16,17)18/h4-6H,1-3H3,(H,19,20,21). The average molecular weight is 299 g/mol. The highest BCUT2D eigenvalue weighted by molar-refractivity contribution is 5.67. The predicted octanol–water partition coefficient (Wildman–Crippen LogP) is 3.96. The highest BCUT2D eigenvalue weighted by Crippen LogP contribution is 2.32. The Bertz CT molecular complexity index is 657. The summed E-state index contributed by atoms with van der Waals surface area (Å²) in [5, 5.41) is 2.53. The Kier molecular flexibility index (Phi) is 3.85. The van der Waals surface area contributed by atoms with E-state index in [4.69, 9.17) is 0 Å². The Morgan fingerprint density at radius 1 is 1.05 bits per heavy atom. The van der Waals surface area contributed by atoms with Gasteiger partial charge in [-0.25, -0.2) is 14.4 Å². The number of nitrogens with one attached hydrogen (secondary N) is 1. The molecular formula is C14H13F4N3. The van der Waals surface area contributed by atoms with Crippen LogP contribution in [0.1, 0.15) is 17.0 Å². The first-order valence-corrected chi connectivity index (χ1v) is 6.13. The molecule has 0 fully saturated rings. The van der Waals surface area contributed by atoms with E-state index in [1.807, 2.05) is 0 Å². The normalized spacial score (nSPS) is 11.6. The van der Waals surface area contributed by atoms with Gasteiger partial charge in [-0.1, -0.05) is 6.07 Å². The molecule has 1 aromatic heterocycles. The highest BCUT2D eigenvalue weighted by Gasteiger charge is 2.35. The van der Waals surface area contributed by atoms with Gasteiger partial charge in [0.05, 0.1) is 5.69 Å². The number of rotatable bonds is 2. The van der Waals surface area contributed by atoms with Crippen molar-refractivity contribution in [1.29, 1.82) is 0 Å². The fourth-order valence-electron chi connectivity index (χ4n) is 2.07. The Morgan fingerprint density at radius 2 is 1.71 bits per heavy atom. The van der Waals surface area contributed by atoms with Crippen LogP contribution >= 0.6 is 0 Å². The number of hydrogen-bond acceptors (Lipinski definition) is 3. The van der Waals surface area contributed by atoms with Crippen molar-refractivity contribution in [3.8, 4) is 11.3 Å². The minimum atomic E-state index is -4.70. The molecule has 0 amide bonds. The zero-order valence-corrected chi connectivity index (χ0v) is 11.6. The van der Waals surface area contributed by atoms with E-state index < -0.39 is 17.8 Å². The molecule has 0 atom stereocenters. The van der Waals surface area contributed by atoms with Gasteiger partial charge in [-0.15, -0.1) is 0 Å². The monoisotopic (exact) mass is 299 g/mol. The van der Waals surface area contributed by atoms with Crippen LogP contribution in [0, 0.1) is 19.7 Å². The molecule has 2 rings (SSSR count). The first-order chi connectivity index (χ1) is 9.72. The molecular weight excluding hydrogens is 286 g/mol. The number of aromatic nitrogens is 2. The van der Waals surface area contributed by atoms with E-state index in [2.05, 4.69) is 15.3 Å². The molecule has 112 valence electrons. The molecule has 21 heavy (non-hydrogen) atoms. The van der Waals surface area contributed by atoms with E-state index in [0.717, 1.165) is 0 Å². The van der Waals surface area contributed by atoms with Crippen molar-refractivity contribution in [3.05, 3.63) is 41.0 Å². The lowest BCUT2D eigenvalue weighted by Gasteiger charge is -2.12. The van der Waals surface area contributed by atoms with E-state index in [1.165, 1.54) is 19.2 Å². The van der Waals surface area contributed by atoms with Crippen molar-refractivity contribution in [2.24, 2.45) is 0 Å². The zero-order chi connectivity index (χ0) is 15.8. The van der Waals surface area contributed by atoms with E-state index in [9.17, 15) is 17.6 Å². The second kappa shape index (κ2) is 5.31. The van der Waals surface area contributed by atoms with Gasteiger partial charge < -0.3 is 5.32 Å². The smallest absolute Gasteiger partial charge is 0.373 e. The molecule has 0 saturated heterocycles. The lowest BCUT2D eigenvalue weighted by Crippen LogP contribution is -2.13. The summed E-state index contributed by atoms with van der Waals surface area (Å²) < 4.78 is 52.6. The van der Waals surface area contributed by atoms with Crippen LogP contribution in [0.5, 0.6) is 0 Å². The van der Waals surface area contributed by atoms with Crippen molar-refractivity contribution < 1.29 is 17.6 Å². The van der Waals surface area contributed by atoms with Crippen molar-refractivity contribution in [3.63, 3.8) is 0 Å². The van der Waals surface area contributed by atoms with E-state index in [-0.39, 0.29) is 17.1 Å². The van der Waals surface area contributed by atoms with E-state index in [1.54, 1.807) is 19.9 Å². The number of anilines is 1. The van der Waals surface area contributed by atoms with Gasteiger partial charge in [-0.2, -0.15) is 13.2 Å². The summed E-state index contributed by atoms with van der Waals surface area (Å²) in [4.78, 5) is 6.81. The first kappa shape index (κ1) is 15.2. The number of alkyl halides is 3. The Labute approximate surface area is 119 Å². The van der Waals surface area contributed by atoms with Crippen LogP contribution in [0.3, 0.4) is 0 Å². The number of halogens is 4. The van der Waals surface area contributed by atoms with Crippen molar-refractivity contribution in [2.45, 2.75) is 20.0 Å². The van der Waals surface area contributed by atoms with Crippen LogP contribution in [-0.2, 0) is 6.18 Å². The molecule has 0 aliphatic rings. The van der Waals surface area contributed by atoms with Gasteiger partial charge in [0.15, 0.2) is 0 Å². The van der Waals surface area contributed by atoms with Crippen molar-refractivity contribution in [2.75, 3.05) is 12.4 Å². The highest BCUT2D eigenvalue weighted by atomic mass is 19.4. The molecule has 0 aliphatic heterocycles. The Hall–Kier alpha value is -2.18. The van der Waals surface area contributed by atoms with Gasteiger partial charge >= 0.3 is 6.18 Å². The predicted molar refractivity (Wildman–Crippen MR) is 71.4 cm³/mol. The third-order valence-electron chi connectivity index (χ3n) is 2.92. The second-order valence-electron chi connectivity index (χ2n) is 4.65. The van der Waals surface area contributed by atoms with Gasteiger partial charge in [-0.3, -0.25) is 0 Å². The number of aryl methyl sites for hydroxylation is 2. The van der Waals surface area contributed by atoms with Gasteiger partial charge in [0, 0.05) is 18.7 Å². The van der Waals surface area contributed by atoms with Crippen molar-refractivity contribution in [1.82, 2.24) is 9.97 Å². The van der Waals surface area contributed by atoms with Gasteiger partial charge in [0.25, 0.3) is 0 Å². The fraction of sp³-hybridized carbons (Fsp3) is 0.286. The zero-order valence-electron chi connectivity index (χ0n) is 11.6. The minimum Gasteiger partial charge on any atom is -0.373 e. The average Bonchev–Trinajstić information content (AvgIpc) is 2.36. The summed E-state index contributed by atoms with van der Waals surface area (Å²) in [6.45, 7) is 3.33. The van der Waals surface area contributed by atoms with Crippen LogP contribution in [0.2, 0.25) is 0 Å². The molecule has 0 unspecified atom stereocenters. The molecule has 2 aromatic rings. The molecule has 0 spiro atoms. The summed E-state index contributed by atoms with van der Waals surface area (Å²) >= 11 is 0. The van der Waals surface area contributed by atoms with E-state index >= 15 is 0 Å². The second-order valence-corrected chi connectivity index (χ2v) is 4.65. The number of hydrogen-bond donors (Lipinski definition) is 1. The van der Waals surface area contributed by atoms with Gasteiger partial charge in [0.1, 0.15) is 11.6 Å². The number of benzene rings is 1. The third-order valence-corrected chi connectivity index (χ3v) is 2.92. The largest absolute Gasteiger partial charge is 0.451 e. The Morgan fingerprint density at radius 3 is 2.24 bits per heavy atom. The molecule has 0 aliphatic carbocycles. The fourth-order valence-corrected chi connectivity index (χ4v) is 2.07. The molecule has 7 heteroatoms. The van der Waals surface area contributed by atoms with Crippen LogP contribution in [0.15, 0.2) is 18.2 Å². The van der Waals surface area contributed by atoms with Gasteiger partial charge in [-0.05, 0) is 31.0 Å². The maximum atomic E-state index is 14.1. The molecule has 1 N–H and O–H groups in total. The maximum Gasteiger partial charge on any atom is 0.451 e. The topological polar surface area (TPSA) is 37.8 Å². The molecule has 1 aromatic carbocycles. The third kappa shape index (κ3) is 3.12. The molecule has 1 heterocycles.